The Morgan fingerprint density at radius 3 is 2.88 bits per heavy atom. The first-order valence-corrected chi connectivity index (χ1v) is 4.88. The van der Waals surface area contributed by atoms with Gasteiger partial charge in [-0.3, -0.25) is 15.1 Å². The molecule has 2 aromatic rings. The summed E-state index contributed by atoms with van der Waals surface area (Å²) in [5.74, 6) is 0. The van der Waals surface area contributed by atoms with Crippen LogP contribution in [0.2, 0.25) is 0 Å². The number of rotatable bonds is 3. The van der Waals surface area contributed by atoms with Crippen LogP contribution >= 0.6 is 0 Å². The monoisotopic (exact) mass is 230 g/mol. The highest BCUT2D eigenvalue weighted by Gasteiger charge is 2.12. The normalized spacial score (nSPS) is 9.88. The number of benzene rings is 1. The Hall–Kier alpha value is -2.63. The number of pyridine rings is 1. The van der Waals surface area contributed by atoms with E-state index in [2.05, 4.69) is 10.3 Å². The van der Waals surface area contributed by atoms with Crippen LogP contribution in [0, 0.1) is 10.1 Å². The number of hydrogen-bond acceptors (Lipinski definition) is 5. The second-order valence-electron chi connectivity index (χ2n) is 3.40. The smallest absolute Gasteiger partial charge is 0.310 e. The SMILES string of the molecule is Nc1cccc(Nc2ccncc2[N+](=O)[O-])c1. The number of hydrogen-bond donors (Lipinski definition) is 2. The van der Waals surface area contributed by atoms with Crippen molar-refractivity contribution >= 4 is 22.7 Å². The molecule has 1 aromatic heterocycles. The van der Waals surface area contributed by atoms with E-state index in [0.717, 1.165) is 0 Å². The maximum absolute atomic E-state index is 10.8. The molecule has 17 heavy (non-hydrogen) atoms. The van der Waals surface area contributed by atoms with Crippen LogP contribution in [0.3, 0.4) is 0 Å². The Morgan fingerprint density at radius 2 is 2.18 bits per heavy atom. The fourth-order valence-electron chi connectivity index (χ4n) is 1.41. The molecule has 0 saturated heterocycles. The second kappa shape index (κ2) is 4.48. The predicted octanol–water partition coefficient (Wildman–Crippen LogP) is 2.32. The van der Waals surface area contributed by atoms with Gasteiger partial charge in [-0.2, -0.15) is 0 Å². The van der Waals surface area contributed by atoms with Crippen molar-refractivity contribution in [2.45, 2.75) is 0 Å². The van der Waals surface area contributed by atoms with Gasteiger partial charge >= 0.3 is 5.69 Å². The first-order chi connectivity index (χ1) is 8.16. The summed E-state index contributed by atoms with van der Waals surface area (Å²) in [6.45, 7) is 0. The van der Waals surface area contributed by atoms with Crippen molar-refractivity contribution in [3.05, 3.63) is 52.8 Å². The quantitative estimate of drug-likeness (QED) is 0.479. The average Bonchev–Trinajstić information content (AvgIpc) is 2.29. The summed E-state index contributed by atoms with van der Waals surface area (Å²) in [5.41, 5.74) is 7.22. The number of aromatic nitrogens is 1. The Balaban J connectivity index is 2.33. The Morgan fingerprint density at radius 1 is 1.35 bits per heavy atom. The molecule has 0 aliphatic heterocycles. The highest BCUT2D eigenvalue weighted by molar-refractivity contribution is 5.70. The summed E-state index contributed by atoms with van der Waals surface area (Å²) in [7, 11) is 0. The van der Waals surface area contributed by atoms with Gasteiger partial charge in [0.25, 0.3) is 0 Å². The average molecular weight is 230 g/mol. The molecule has 0 bridgehead atoms. The Kier molecular flexibility index (Phi) is 2.87. The molecule has 1 aromatic carbocycles. The molecule has 0 unspecified atom stereocenters. The van der Waals surface area contributed by atoms with Gasteiger partial charge in [0.05, 0.1) is 4.92 Å². The number of nitrogens with zero attached hydrogens (tertiary/aromatic N) is 2. The molecule has 6 heteroatoms. The summed E-state index contributed by atoms with van der Waals surface area (Å²) >= 11 is 0. The van der Waals surface area contributed by atoms with E-state index >= 15 is 0 Å². The second-order valence-corrected chi connectivity index (χ2v) is 3.40. The summed E-state index contributed by atoms with van der Waals surface area (Å²) in [5, 5.41) is 13.7. The highest BCUT2D eigenvalue weighted by atomic mass is 16.6. The Bertz CT molecular complexity index is 557. The zero-order chi connectivity index (χ0) is 12.3. The summed E-state index contributed by atoms with van der Waals surface area (Å²) in [6.07, 6.45) is 2.69. The van der Waals surface area contributed by atoms with Gasteiger partial charge in [0.15, 0.2) is 0 Å². The lowest BCUT2D eigenvalue weighted by Gasteiger charge is -2.06. The van der Waals surface area contributed by atoms with Gasteiger partial charge < -0.3 is 11.1 Å². The van der Waals surface area contributed by atoms with E-state index in [1.165, 1.54) is 12.4 Å². The molecule has 0 fully saturated rings. The summed E-state index contributed by atoms with van der Waals surface area (Å²) in [6, 6.07) is 8.53. The van der Waals surface area contributed by atoms with Crippen molar-refractivity contribution in [1.82, 2.24) is 4.98 Å². The number of nitro groups is 1. The first-order valence-electron chi connectivity index (χ1n) is 4.88. The number of nitrogens with one attached hydrogen (secondary N) is 1. The maximum atomic E-state index is 10.8. The standard InChI is InChI=1S/C11H10N4O2/c12-8-2-1-3-9(6-8)14-10-4-5-13-7-11(10)15(16)17/h1-7H,12H2,(H,13,14). The van der Waals surface area contributed by atoms with E-state index < -0.39 is 4.92 Å². The lowest BCUT2D eigenvalue weighted by molar-refractivity contribution is -0.384. The van der Waals surface area contributed by atoms with Gasteiger partial charge in [-0.25, -0.2) is 0 Å². The minimum absolute atomic E-state index is 0.0741. The molecule has 0 saturated carbocycles. The maximum Gasteiger partial charge on any atom is 0.310 e. The fourth-order valence-corrected chi connectivity index (χ4v) is 1.41. The largest absolute Gasteiger partial charge is 0.399 e. The summed E-state index contributed by atoms with van der Waals surface area (Å²) < 4.78 is 0. The van der Waals surface area contributed by atoms with Crippen molar-refractivity contribution in [3.63, 3.8) is 0 Å². The molecule has 0 aliphatic carbocycles. The van der Waals surface area contributed by atoms with Crippen LogP contribution < -0.4 is 11.1 Å². The van der Waals surface area contributed by atoms with Crippen LogP contribution in [0.1, 0.15) is 0 Å². The molecule has 0 radical (unpaired) electrons. The third-order valence-electron chi connectivity index (χ3n) is 2.16. The van der Waals surface area contributed by atoms with E-state index in [-0.39, 0.29) is 5.69 Å². The van der Waals surface area contributed by atoms with Crippen LogP contribution in [0.5, 0.6) is 0 Å². The van der Waals surface area contributed by atoms with E-state index in [4.69, 9.17) is 5.73 Å². The molecule has 86 valence electrons. The van der Waals surface area contributed by atoms with Gasteiger partial charge in [-0.1, -0.05) is 6.07 Å². The van der Waals surface area contributed by atoms with Crippen molar-refractivity contribution in [3.8, 4) is 0 Å². The van der Waals surface area contributed by atoms with Crippen LogP contribution in [0.4, 0.5) is 22.7 Å². The van der Waals surface area contributed by atoms with Gasteiger partial charge in [0, 0.05) is 17.6 Å². The lowest BCUT2D eigenvalue weighted by Crippen LogP contribution is -1.98. The predicted molar refractivity (Wildman–Crippen MR) is 65.0 cm³/mol. The van der Waals surface area contributed by atoms with E-state index in [1.54, 1.807) is 30.3 Å². The van der Waals surface area contributed by atoms with Gasteiger partial charge in [0.1, 0.15) is 11.9 Å². The minimum Gasteiger partial charge on any atom is -0.399 e. The molecular formula is C11H10N4O2. The number of anilines is 3. The third kappa shape index (κ3) is 2.49. The number of nitrogens with two attached hydrogens (primary N) is 1. The Labute approximate surface area is 97.3 Å². The van der Waals surface area contributed by atoms with E-state index in [0.29, 0.717) is 17.1 Å². The van der Waals surface area contributed by atoms with Crippen molar-refractivity contribution in [1.29, 1.82) is 0 Å². The zero-order valence-electron chi connectivity index (χ0n) is 8.83. The van der Waals surface area contributed by atoms with Crippen molar-refractivity contribution in [2.75, 3.05) is 11.1 Å². The van der Waals surface area contributed by atoms with Crippen LogP contribution in [0.25, 0.3) is 0 Å². The molecule has 1 heterocycles. The van der Waals surface area contributed by atoms with Crippen LogP contribution in [-0.2, 0) is 0 Å². The molecular weight excluding hydrogens is 220 g/mol. The zero-order valence-corrected chi connectivity index (χ0v) is 8.83. The number of nitrogen functional groups attached to an aromatic ring is 1. The summed E-state index contributed by atoms with van der Waals surface area (Å²) in [4.78, 5) is 14.0. The molecule has 0 atom stereocenters. The molecule has 0 spiro atoms. The van der Waals surface area contributed by atoms with Gasteiger partial charge in [-0.05, 0) is 24.3 Å². The molecule has 3 N–H and O–H groups in total. The fraction of sp³-hybridized carbons (Fsp3) is 0. The van der Waals surface area contributed by atoms with Crippen molar-refractivity contribution < 1.29 is 4.92 Å². The van der Waals surface area contributed by atoms with E-state index in [1.807, 2.05) is 0 Å². The van der Waals surface area contributed by atoms with Crippen molar-refractivity contribution in [2.24, 2.45) is 0 Å². The topological polar surface area (TPSA) is 94.1 Å². The minimum atomic E-state index is -0.484. The third-order valence-corrected chi connectivity index (χ3v) is 2.16. The first kappa shape index (κ1) is 10.9. The van der Waals surface area contributed by atoms with E-state index in [9.17, 15) is 10.1 Å². The molecule has 6 nitrogen and oxygen atoms in total. The molecule has 0 aliphatic rings. The van der Waals surface area contributed by atoms with Gasteiger partial charge in [-0.15, -0.1) is 0 Å². The molecule has 0 amide bonds. The van der Waals surface area contributed by atoms with Gasteiger partial charge in [0.2, 0.25) is 0 Å². The van der Waals surface area contributed by atoms with Crippen LogP contribution in [0.15, 0.2) is 42.7 Å². The highest BCUT2D eigenvalue weighted by Crippen LogP contribution is 2.26. The molecule has 2 rings (SSSR count). The lowest BCUT2D eigenvalue weighted by atomic mass is 10.2. The van der Waals surface area contributed by atoms with Crippen LogP contribution in [-0.4, -0.2) is 9.91 Å².